The summed E-state index contributed by atoms with van der Waals surface area (Å²) in [4.78, 5) is 0. The van der Waals surface area contributed by atoms with Crippen molar-refractivity contribution in [2.24, 2.45) is 0 Å². The summed E-state index contributed by atoms with van der Waals surface area (Å²) in [6.07, 6.45) is 0. The van der Waals surface area contributed by atoms with Crippen LogP contribution >= 0.6 is 0 Å². The van der Waals surface area contributed by atoms with Crippen LogP contribution in [-0.4, -0.2) is 13.2 Å². The Morgan fingerprint density at radius 1 is 1.00 bits per heavy atom. The molecule has 3 N–H and O–H groups in total. The molecule has 0 unspecified atom stereocenters. The molecule has 0 atom stereocenters. The molecule has 0 radical (unpaired) electrons. The van der Waals surface area contributed by atoms with E-state index in [9.17, 15) is 0 Å². The molecule has 2 aromatic rings. The topological polar surface area (TPSA) is 47.3 Å². The minimum Gasteiger partial charge on any atom is -0.492 e. The van der Waals surface area contributed by atoms with Crippen molar-refractivity contribution >= 4 is 5.69 Å². The predicted molar refractivity (Wildman–Crippen MR) is 73.5 cm³/mol. The molecule has 1 aliphatic heterocycles. The fraction of sp³-hybridized carbons (Fsp3) is 0.200. The van der Waals surface area contributed by atoms with Crippen molar-refractivity contribution < 1.29 is 4.74 Å². The van der Waals surface area contributed by atoms with Crippen LogP contribution in [0.15, 0.2) is 42.5 Å². The van der Waals surface area contributed by atoms with Crippen LogP contribution in [0.5, 0.6) is 5.75 Å². The van der Waals surface area contributed by atoms with Crippen LogP contribution in [0, 0.1) is 0 Å². The summed E-state index contributed by atoms with van der Waals surface area (Å²) in [5.41, 5.74) is 10.1. The van der Waals surface area contributed by atoms with E-state index in [2.05, 4.69) is 17.4 Å². The summed E-state index contributed by atoms with van der Waals surface area (Å²) in [6, 6.07) is 14.3. The number of nitrogen functional groups attached to an aromatic ring is 1. The van der Waals surface area contributed by atoms with Crippen molar-refractivity contribution in [3.63, 3.8) is 0 Å². The van der Waals surface area contributed by atoms with Gasteiger partial charge < -0.3 is 15.8 Å². The van der Waals surface area contributed by atoms with Crippen LogP contribution in [-0.2, 0) is 6.54 Å². The average molecular weight is 240 g/mol. The van der Waals surface area contributed by atoms with Gasteiger partial charge in [0.15, 0.2) is 0 Å². The van der Waals surface area contributed by atoms with E-state index in [1.165, 1.54) is 16.7 Å². The highest BCUT2D eigenvalue weighted by molar-refractivity contribution is 5.67. The number of nitrogens with one attached hydrogen (secondary N) is 1. The summed E-state index contributed by atoms with van der Waals surface area (Å²) in [5.74, 6) is 0.985. The second kappa shape index (κ2) is 4.70. The van der Waals surface area contributed by atoms with E-state index in [0.29, 0.717) is 0 Å². The molecule has 0 amide bonds. The van der Waals surface area contributed by atoms with Crippen LogP contribution in [0.1, 0.15) is 5.56 Å². The Morgan fingerprint density at radius 2 is 1.78 bits per heavy atom. The van der Waals surface area contributed by atoms with Gasteiger partial charge in [0, 0.05) is 24.3 Å². The molecular weight excluding hydrogens is 224 g/mol. The van der Waals surface area contributed by atoms with Crippen LogP contribution < -0.4 is 15.8 Å². The molecule has 0 saturated heterocycles. The van der Waals surface area contributed by atoms with E-state index in [1.54, 1.807) is 0 Å². The van der Waals surface area contributed by atoms with Gasteiger partial charge in [0.05, 0.1) is 0 Å². The van der Waals surface area contributed by atoms with Gasteiger partial charge in [0.2, 0.25) is 0 Å². The van der Waals surface area contributed by atoms with E-state index in [1.807, 2.05) is 30.3 Å². The molecule has 2 aromatic carbocycles. The summed E-state index contributed by atoms with van der Waals surface area (Å²) < 4.78 is 5.68. The van der Waals surface area contributed by atoms with Crippen LogP contribution in [0.2, 0.25) is 0 Å². The highest BCUT2D eigenvalue weighted by atomic mass is 16.5. The zero-order chi connectivity index (χ0) is 12.4. The lowest BCUT2D eigenvalue weighted by Crippen LogP contribution is -2.16. The predicted octanol–water partition coefficient (Wildman–Crippen LogP) is 2.42. The monoisotopic (exact) mass is 240 g/mol. The molecular formula is C15H16N2O. The molecule has 0 fully saturated rings. The summed E-state index contributed by atoms with van der Waals surface area (Å²) in [6.45, 7) is 2.48. The number of rotatable bonds is 1. The zero-order valence-electron chi connectivity index (χ0n) is 10.1. The van der Waals surface area contributed by atoms with Crippen molar-refractivity contribution in [3.8, 4) is 16.9 Å². The molecule has 92 valence electrons. The Kier molecular flexibility index (Phi) is 2.90. The third-order valence-electron chi connectivity index (χ3n) is 3.16. The van der Waals surface area contributed by atoms with Crippen molar-refractivity contribution in [1.82, 2.24) is 5.32 Å². The molecule has 1 aliphatic rings. The number of hydrogen-bond acceptors (Lipinski definition) is 3. The van der Waals surface area contributed by atoms with Crippen LogP contribution in [0.3, 0.4) is 0 Å². The largest absolute Gasteiger partial charge is 0.492 e. The second-order valence-corrected chi connectivity index (χ2v) is 4.47. The number of anilines is 1. The van der Waals surface area contributed by atoms with Crippen LogP contribution in [0.4, 0.5) is 5.69 Å². The Labute approximate surface area is 107 Å². The molecule has 3 nitrogen and oxygen atoms in total. The molecule has 3 rings (SSSR count). The molecule has 0 bridgehead atoms. The van der Waals surface area contributed by atoms with Crippen molar-refractivity contribution in [2.45, 2.75) is 6.54 Å². The Morgan fingerprint density at radius 3 is 2.61 bits per heavy atom. The lowest BCUT2D eigenvalue weighted by molar-refractivity contribution is 0.326. The van der Waals surface area contributed by atoms with E-state index >= 15 is 0 Å². The van der Waals surface area contributed by atoms with Gasteiger partial charge >= 0.3 is 0 Å². The SMILES string of the molecule is Nc1ccc(-c2ccc3c(c2)CNCCO3)cc1. The fourth-order valence-corrected chi connectivity index (χ4v) is 2.17. The van der Waals surface area contributed by atoms with Crippen molar-refractivity contribution in [2.75, 3.05) is 18.9 Å². The second-order valence-electron chi connectivity index (χ2n) is 4.47. The molecule has 18 heavy (non-hydrogen) atoms. The maximum atomic E-state index is 5.71. The first kappa shape index (κ1) is 11.1. The number of nitrogens with two attached hydrogens (primary N) is 1. The van der Waals surface area contributed by atoms with Gasteiger partial charge in [-0.15, -0.1) is 0 Å². The quantitative estimate of drug-likeness (QED) is 0.752. The zero-order valence-corrected chi connectivity index (χ0v) is 10.1. The normalized spacial score (nSPS) is 14.4. The van der Waals surface area contributed by atoms with Gasteiger partial charge in [0.25, 0.3) is 0 Å². The molecule has 0 aliphatic carbocycles. The summed E-state index contributed by atoms with van der Waals surface area (Å²) >= 11 is 0. The van der Waals surface area contributed by atoms with Gasteiger partial charge in [0.1, 0.15) is 12.4 Å². The van der Waals surface area contributed by atoms with E-state index in [4.69, 9.17) is 10.5 Å². The minimum atomic E-state index is 0.730. The smallest absolute Gasteiger partial charge is 0.123 e. The van der Waals surface area contributed by atoms with Crippen molar-refractivity contribution in [1.29, 1.82) is 0 Å². The van der Waals surface area contributed by atoms with Gasteiger partial charge in [-0.05, 0) is 35.4 Å². The molecule has 1 heterocycles. The number of benzene rings is 2. The number of hydrogen-bond donors (Lipinski definition) is 2. The lowest BCUT2D eigenvalue weighted by atomic mass is 10.0. The number of fused-ring (bicyclic) bond motifs is 1. The van der Waals surface area contributed by atoms with E-state index in [-0.39, 0.29) is 0 Å². The first-order chi connectivity index (χ1) is 8.83. The van der Waals surface area contributed by atoms with Crippen LogP contribution in [0.25, 0.3) is 11.1 Å². The summed E-state index contributed by atoms with van der Waals surface area (Å²) in [5, 5.41) is 3.35. The Balaban J connectivity index is 1.98. The maximum Gasteiger partial charge on any atom is 0.123 e. The molecule has 0 spiro atoms. The van der Waals surface area contributed by atoms with Gasteiger partial charge in [-0.3, -0.25) is 0 Å². The van der Waals surface area contributed by atoms with E-state index in [0.717, 1.165) is 31.1 Å². The fourth-order valence-electron chi connectivity index (χ4n) is 2.17. The number of ether oxygens (including phenoxy) is 1. The Hall–Kier alpha value is -2.00. The highest BCUT2D eigenvalue weighted by Crippen LogP contribution is 2.28. The molecule has 3 heteroatoms. The third-order valence-corrected chi connectivity index (χ3v) is 3.16. The maximum absolute atomic E-state index is 5.71. The Bertz CT molecular complexity index is 549. The van der Waals surface area contributed by atoms with Gasteiger partial charge in [-0.2, -0.15) is 0 Å². The first-order valence-corrected chi connectivity index (χ1v) is 6.15. The summed E-state index contributed by atoms with van der Waals surface area (Å²) in [7, 11) is 0. The van der Waals surface area contributed by atoms with E-state index < -0.39 is 0 Å². The molecule has 0 aromatic heterocycles. The van der Waals surface area contributed by atoms with Gasteiger partial charge in [-0.1, -0.05) is 18.2 Å². The standard InChI is InChI=1S/C15H16N2O/c16-14-4-1-11(2-5-14)12-3-6-15-13(9-12)10-17-7-8-18-15/h1-6,9,17H,7-8,10,16H2. The molecule has 0 saturated carbocycles. The average Bonchev–Trinajstić information content (AvgIpc) is 2.64. The van der Waals surface area contributed by atoms with Crippen molar-refractivity contribution in [3.05, 3.63) is 48.0 Å². The van der Waals surface area contributed by atoms with Gasteiger partial charge in [-0.25, -0.2) is 0 Å². The highest BCUT2D eigenvalue weighted by Gasteiger charge is 2.09. The minimum absolute atomic E-state index is 0.730. The lowest BCUT2D eigenvalue weighted by Gasteiger charge is -2.09. The third kappa shape index (κ3) is 2.17. The first-order valence-electron chi connectivity index (χ1n) is 6.15.